The lowest BCUT2D eigenvalue weighted by Gasteiger charge is -2.38. The molecule has 0 spiro atoms. The summed E-state index contributed by atoms with van der Waals surface area (Å²) in [5.74, 6) is -2.00. The lowest BCUT2D eigenvalue weighted by molar-refractivity contribution is -0.171. The summed E-state index contributed by atoms with van der Waals surface area (Å²) in [5, 5.41) is -0.903. The molecule has 172 valence electrons. The van der Waals surface area contributed by atoms with Gasteiger partial charge in [-0.3, -0.25) is 9.59 Å². The Bertz CT molecular complexity index is 805. The van der Waals surface area contributed by atoms with Gasteiger partial charge in [0.1, 0.15) is 0 Å². The van der Waals surface area contributed by atoms with Gasteiger partial charge in [0.15, 0.2) is 0 Å². The monoisotopic (exact) mass is 461 g/mol. The molecule has 2 saturated heterocycles. The van der Waals surface area contributed by atoms with Crippen LogP contribution in [-0.2, 0) is 9.53 Å². The lowest BCUT2D eigenvalue weighted by Crippen LogP contribution is -2.50. The number of piperidine rings is 1. The van der Waals surface area contributed by atoms with E-state index < -0.39 is 23.4 Å². The van der Waals surface area contributed by atoms with Gasteiger partial charge in [0.2, 0.25) is 0 Å². The van der Waals surface area contributed by atoms with Gasteiger partial charge in [-0.2, -0.15) is 13.2 Å². The van der Waals surface area contributed by atoms with E-state index in [9.17, 15) is 22.8 Å². The number of alkyl halides is 3. The smallest absolute Gasteiger partial charge is 0.381 e. The summed E-state index contributed by atoms with van der Waals surface area (Å²) in [6.45, 7) is 1.93. The first-order valence-corrected chi connectivity index (χ1v) is 10.7. The van der Waals surface area contributed by atoms with Crippen LogP contribution in [0.15, 0.2) is 18.2 Å². The summed E-state index contributed by atoms with van der Waals surface area (Å²) in [6, 6.07) is 4.28. The van der Waals surface area contributed by atoms with Gasteiger partial charge in [-0.15, -0.1) is 0 Å². The molecule has 0 bridgehead atoms. The number of hydrogen-bond donors (Lipinski definition) is 0. The van der Waals surface area contributed by atoms with Crippen molar-refractivity contribution in [1.29, 1.82) is 0 Å². The van der Waals surface area contributed by atoms with Crippen LogP contribution < -0.4 is 9.80 Å². The molecule has 0 saturated carbocycles. The number of anilines is 2. The Hall–Kier alpha value is -1.84. The van der Waals surface area contributed by atoms with E-state index in [0.717, 1.165) is 25.9 Å². The average Bonchev–Trinajstić information content (AvgIpc) is 2.74. The molecule has 1 aromatic carbocycles. The van der Waals surface area contributed by atoms with E-state index in [4.69, 9.17) is 16.3 Å². The molecule has 0 N–H and O–H groups in total. The number of ether oxygens (including phenoxy) is 1. The highest BCUT2D eigenvalue weighted by atomic mass is 35.5. The van der Waals surface area contributed by atoms with Gasteiger partial charge in [-0.1, -0.05) is 0 Å². The normalized spacial score (nSPS) is 19.0. The zero-order valence-corrected chi connectivity index (χ0v) is 18.4. The van der Waals surface area contributed by atoms with Crippen molar-refractivity contribution in [3.8, 4) is 0 Å². The van der Waals surface area contributed by atoms with Crippen molar-refractivity contribution in [2.24, 2.45) is 0 Å². The molecule has 0 atom stereocenters. The summed E-state index contributed by atoms with van der Waals surface area (Å²) in [6.07, 6.45) is -2.77. The lowest BCUT2D eigenvalue weighted by atomic mass is 10.0. The topological polar surface area (TPSA) is 53.1 Å². The molecule has 0 aromatic heterocycles. The highest BCUT2D eigenvalue weighted by Gasteiger charge is 2.46. The number of carbonyl (C=O) groups excluding carboxylic acids is 2. The maximum Gasteiger partial charge on any atom is 0.471 e. The standard InChI is InChI=1S/C21H27ClF3N3O3/c1-26(2)14-5-9-27(10-6-14)16-3-4-17(19(22)29)18(13-16)28(20(30)21(23,24)25)15-7-11-31-12-8-15/h3-4,13-15H,5-12H2,1-2H3. The van der Waals surface area contributed by atoms with Crippen LogP contribution in [0.1, 0.15) is 36.0 Å². The van der Waals surface area contributed by atoms with Crippen molar-refractivity contribution < 1.29 is 27.5 Å². The molecule has 2 heterocycles. The predicted molar refractivity (Wildman–Crippen MR) is 113 cm³/mol. The average molecular weight is 462 g/mol. The summed E-state index contributed by atoms with van der Waals surface area (Å²) < 4.78 is 45.7. The Balaban J connectivity index is 1.99. The van der Waals surface area contributed by atoms with Crippen LogP contribution in [0.25, 0.3) is 0 Å². The highest BCUT2D eigenvalue weighted by Crippen LogP contribution is 2.35. The minimum atomic E-state index is -5.08. The maximum absolute atomic E-state index is 13.5. The molecular weight excluding hydrogens is 435 g/mol. The summed E-state index contributed by atoms with van der Waals surface area (Å²) >= 11 is 5.70. The molecule has 6 nitrogen and oxygen atoms in total. The fraction of sp³-hybridized carbons (Fsp3) is 0.619. The highest BCUT2D eigenvalue weighted by molar-refractivity contribution is 6.68. The second-order valence-electron chi connectivity index (χ2n) is 8.17. The Labute approximate surface area is 184 Å². The van der Waals surface area contributed by atoms with Gasteiger partial charge in [-0.05, 0) is 69.6 Å². The van der Waals surface area contributed by atoms with Crippen LogP contribution in [0.2, 0.25) is 0 Å². The summed E-state index contributed by atoms with van der Waals surface area (Å²) in [4.78, 5) is 29.4. The fourth-order valence-corrected chi connectivity index (χ4v) is 4.43. The zero-order chi connectivity index (χ0) is 22.8. The van der Waals surface area contributed by atoms with Crippen molar-refractivity contribution in [1.82, 2.24) is 4.90 Å². The first-order valence-electron chi connectivity index (χ1n) is 10.3. The number of benzene rings is 1. The van der Waals surface area contributed by atoms with E-state index in [-0.39, 0.29) is 37.3 Å². The number of amides is 1. The Morgan fingerprint density at radius 1 is 1.06 bits per heavy atom. The quantitative estimate of drug-likeness (QED) is 0.626. The Morgan fingerprint density at radius 2 is 1.68 bits per heavy atom. The Morgan fingerprint density at radius 3 is 2.19 bits per heavy atom. The number of halogens is 4. The molecule has 2 fully saturated rings. The predicted octanol–water partition coefficient (Wildman–Crippen LogP) is 3.67. The minimum Gasteiger partial charge on any atom is -0.381 e. The molecule has 2 aliphatic heterocycles. The Kier molecular flexibility index (Phi) is 7.49. The van der Waals surface area contributed by atoms with Crippen LogP contribution in [0.5, 0.6) is 0 Å². The molecule has 1 amide bonds. The van der Waals surface area contributed by atoms with E-state index in [1.54, 1.807) is 6.07 Å². The number of nitrogens with zero attached hydrogens (tertiary/aromatic N) is 3. The molecule has 0 unspecified atom stereocenters. The van der Waals surface area contributed by atoms with E-state index in [1.807, 2.05) is 14.1 Å². The molecule has 0 radical (unpaired) electrons. The van der Waals surface area contributed by atoms with Gasteiger partial charge in [-0.25, -0.2) is 0 Å². The van der Waals surface area contributed by atoms with E-state index >= 15 is 0 Å². The maximum atomic E-state index is 13.5. The minimum absolute atomic E-state index is 0.0959. The number of carbonyl (C=O) groups is 2. The molecule has 31 heavy (non-hydrogen) atoms. The molecule has 1 aromatic rings. The third kappa shape index (κ3) is 5.51. The molecule has 0 aliphatic carbocycles. The summed E-state index contributed by atoms with van der Waals surface area (Å²) in [5.41, 5.74) is 0.458. The second-order valence-corrected chi connectivity index (χ2v) is 8.52. The van der Waals surface area contributed by atoms with Crippen LogP contribution >= 0.6 is 11.6 Å². The van der Waals surface area contributed by atoms with E-state index in [1.165, 1.54) is 12.1 Å². The van der Waals surface area contributed by atoms with Crippen LogP contribution in [0, 0.1) is 0 Å². The van der Waals surface area contributed by atoms with Gasteiger partial charge >= 0.3 is 12.1 Å². The van der Waals surface area contributed by atoms with Crippen molar-refractivity contribution in [2.75, 3.05) is 50.2 Å². The number of hydrogen-bond acceptors (Lipinski definition) is 5. The largest absolute Gasteiger partial charge is 0.471 e. The number of rotatable bonds is 5. The van der Waals surface area contributed by atoms with Crippen molar-refractivity contribution >= 4 is 34.1 Å². The first kappa shape index (κ1) is 23.8. The zero-order valence-electron chi connectivity index (χ0n) is 17.6. The van der Waals surface area contributed by atoms with Crippen molar-refractivity contribution in [3.05, 3.63) is 23.8 Å². The van der Waals surface area contributed by atoms with Crippen molar-refractivity contribution in [2.45, 2.75) is 43.9 Å². The molecule has 3 rings (SSSR count). The van der Waals surface area contributed by atoms with Gasteiger partial charge in [0, 0.05) is 44.1 Å². The SMILES string of the molecule is CN(C)C1CCN(c2ccc(C(=O)Cl)c(N(C(=O)C(F)(F)F)C3CCOCC3)c2)CC1. The third-order valence-electron chi connectivity index (χ3n) is 6.03. The van der Waals surface area contributed by atoms with Crippen molar-refractivity contribution in [3.63, 3.8) is 0 Å². The van der Waals surface area contributed by atoms with Gasteiger partial charge in [0.05, 0.1) is 11.3 Å². The molecular formula is C21H27ClF3N3O3. The third-order valence-corrected chi connectivity index (χ3v) is 6.23. The van der Waals surface area contributed by atoms with Gasteiger partial charge in [0.25, 0.3) is 5.24 Å². The second kappa shape index (κ2) is 9.75. The van der Waals surface area contributed by atoms with E-state index in [0.29, 0.717) is 16.6 Å². The first-order chi connectivity index (χ1) is 14.6. The molecule has 2 aliphatic rings. The molecule has 10 heteroatoms. The van der Waals surface area contributed by atoms with Crippen LogP contribution in [0.4, 0.5) is 24.5 Å². The van der Waals surface area contributed by atoms with Crippen LogP contribution in [0.3, 0.4) is 0 Å². The van der Waals surface area contributed by atoms with Crippen LogP contribution in [-0.4, -0.2) is 74.7 Å². The van der Waals surface area contributed by atoms with E-state index in [2.05, 4.69) is 9.80 Å². The summed E-state index contributed by atoms with van der Waals surface area (Å²) in [7, 11) is 4.04. The van der Waals surface area contributed by atoms with Gasteiger partial charge < -0.3 is 19.4 Å². The fourth-order valence-electron chi connectivity index (χ4n) is 4.27.